The first kappa shape index (κ1) is 14.7. The summed E-state index contributed by atoms with van der Waals surface area (Å²) in [6, 6.07) is -0.689. The Morgan fingerprint density at radius 2 is 2.22 bits per heavy atom. The molecule has 9 heteroatoms. The van der Waals surface area contributed by atoms with Gasteiger partial charge in [0.1, 0.15) is 5.84 Å². The van der Waals surface area contributed by atoms with Crippen molar-refractivity contribution in [3.05, 3.63) is 0 Å². The van der Waals surface area contributed by atoms with Crippen molar-refractivity contribution in [2.45, 2.75) is 32.2 Å². The summed E-state index contributed by atoms with van der Waals surface area (Å²) in [6.45, 7) is 1.89. The van der Waals surface area contributed by atoms with E-state index in [4.69, 9.17) is 11.1 Å². The molecule has 8 nitrogen and oxygen atoms in total. The predicted octanol–water partition coefficient (Wildman–Crippen LogP) is -0.232. The molecular formula is C9H18N4O4S. The zero-order chi connectivity index (χ0) is 13.8. The van der Waals surface area contributed by atoms with E-state index in [1.54, 1.807) is 11.6 Å². The standard InChI is InChI=1S/C9H18N4O4S/c1-2-17-9(14)12-18(15,16)13-6-4-3-5-7(13)8(10)11/h7H,2-6H2,1H3,(H3,10,11)(H,12,14). The fourth-order valence-electron chi connectivity index (χ4n) is 1.83. The number of hydrogen-bond acceptors (Lipinski definition) is 5. The third-order valence-corrected chi connectivity index (χ3v) is 4.09. The van der Waals surface area contributed by atoms with Crippen LogP contribution in [0.15, 0.2) is 0 Å². The summed E-state index contributed by atoms with van der Waals surface area (Å²) in [4.78, 5) is 11.2. The molecule has 0 bridgehead atoms. The maximum absolute atomic E-state index is 11.9. The summed E-state index contributed by atoms with van der Waals surface area (Å²) in [7, 11) is -4.01. The van der Waals surface area contributed by atoms with Gasteiger partial charge in [-0.15, -0.1) is 0 Å². The van der Waals surface area contributed by atoms with Crippen LogP contribution in [-0.4, -0.2) is 43.8 Å². The van der Waals surface area contributed by atoms with Crippen molar-refractivity contribution in [1.82, 2.24) is 9.03 Å². The molecule has 18 heavy (non-hydrogen) atoms. The molecule has 1 rings (SSSR count). The molecule has 1 aliphatic rings. The number of hydrogen-bond donors (Lipinski definition) is 3. The monoisotopic (exact) mass is 278 g/mol. The van der Waals surface area contributed by atoms with Gasteiger partial charge in [0, 0.05) is 6.54 Å². The van der Waals surface area contributed by atoms with Crippen LogP contribution in [0.4, 0.5) is 4.79 Å². The molecule has 1 unspecified atom stereocenters. The molecule has 1 aliphatic heterocycles. The molecule has 104 valence electrons. The zero-order valence-electron chi connectivity index (χ0n) is 10.2. The smallest absolute Gasteiger partial charge is 0.421 e. The fraction of sp³-hybridized carbons (Fsp3) is 0.778. The van der Waals surface area contributed by atoms with Gasteiger partial charge in [-0.05, 0) is 19.8 Å². The minimum Gasteiger partial charge on any atom is -0.449 e. The first-order valence-electron chi connectivity index (χ1n) is 5.68. The van der Waals surface area contributed by atoms with Crippen molar-refractivity contribution in [3.8, 4) is 0 Å². The molecule has 0 spiro atoms. The molecule has 1 fully saturated rings. The summed E-state index contributed by atoms with van der Waals surface area (Å²) in [5.41, 5.74) is 5.38. The van der Waals surface area contributed by atoms with Gasteiger partial charge in [-0.25, -0.2) is 9.52 Å². The lowest BCUT2D eigenvalue weighted by Gasteiger charge is -2.33. The maximum atomic E-state index is 11.9. The van der Waals surface area contributed by atoms with Gasteiger partial charge >= 0.3 is 16.3 Å². The second kappa shape index (κ2) is 6.01. The van der Waals surface area contributed by atoms with Gasteiger partial charge in [0.05, 0.1) is 12.6 Å². The Morgan fingerprint density at radius 3 is 2.78 bits per heavy atom. The highest BCUT2D eigenvalue weighted by molar-refractivity contribution is 7.87. The van der Waals surface area contributed by atoms with E-state index < -0.39 is 22.3 Å². The van der Waals surface area contributed by atoms with Crippen LogP contribution in [0.25, 0.3) is 0 Å². The molecule has 1 atom stereocenters. The summed E-state index contributed by atoms with van der Waals surface area (Å²) >= 11 is 0. The molecule has 4 N–H and O–H groups in total. The van der Waals surface area contributed by atoms with Crippen molar-refractivity contribution < 1.29 is 17.9 Å². The number of rotatable bonds is 4. The number of amides is 1. The third-order valence-electron chi connectivity index (χ3n) is 2.61. The van der Waals surface area contributed by atoms with Crippen LogP contribution in [0, 0.1) is 5.41 Å². The number of nitrogens with zero attached hydrogens (tertiary/aromatic N) is 1. The van der Waals surface area contributed by atoms with Gasteiger partial charge < -0.3 is 10.5 Å². The van der Waals surface area contributed by atoms with Gasteiger partial charge in [-0.1, -0.05) is 6.42 Å². The third kappa shape index (κ3) is 3.57. The van der Waals surface area contributed by atoms with Crippen molar-refractivity contribution in [3.63, 3.8) is 0 Å². The summed E-state index contributed by atoms with van der Waals surface area (Å²) in [6.07, 6.45) is 0.938. The van der Waals surface area contributed by atoms with Crippen LogP contribution in [-0.2, 0) is 14.9 Å². The highest BCUT2D eigenvalue weighted by Crippen LogP contribution is 2.19. The normalized spacial score (nSPS) is 21.3. The molecule has 0 aromatic heterocycles. The second-order valence-corrected chi connectivity index (χ2v) is 5.53. The molecule has 1 saturated heterocycles. The van der Waals surface area contributed by atoms with Crippen molar-refractivity contribution in [2.24, 2.45) is 5.73 Å². The number of ether oxygens (including phenoxy) is 1. The van der Waals surface area contributed by atoms with E-state index in [2.05, 4.69) is 4.74 Å². The average Bonchev–Trinajstić information content (AvgIpc) is 2.28. The van der Waals surface area contributed by atoms with Gasteiger partial charge in [-0.3, -0.25) is 5.41 Å². The number of nitrogens with one attached hydrogen (secondary N) is 2. The lowest BCUT2D eigenvalue weighted by Crippen LogP contribution is -2.54. The predicted molar refractivity (Wildman–Crippen MR) is 65.3 cm³/mol. The van der Waals surface area contributed by atoms with E-state index >= 15 is 0 Å². The topological polar surface area (TPSA) is 126 Å². The zero-order valence-corrected chi connectivity index (χ0v) is 11.0. The minimum absolute atomic E-state index is 0.0808. The maximum Gasteiger partial charge on any atom is 0.421 e. The fourth-order valence-corrected chi connectivity index (χ4v) is 3.14. The number of carbonyl (C=O) groups is 1. The van der Waals surface area contributed by atoms with E-state index in [9.17, 15) is 13.2 Å². The number of amidine groups is 1. The first-order valence-corrected chi connectivity index (χ1v) is 7.12. The highest BCUT2D eigenvalue weighted by atomic mass is 32.2. The van der Waals surface area contributed by atoms with Gasteiger partial charge in [0.2, 0.25) is 0 Å². The Morgan fingerprint density at radius 1 is 1.56 bits per heavy atom. The summed E-state index contributed by atoms with van der Waals surface area (Å²) in [5, 5.41) is 7.39. The minimum atomic E-state index is -4.01. The van der Waals surface area contributed by atoms with Crippen molar-refractivity contribution >= 4 is 22.1 Å². The first-order chi connectivity index (χ1) is 8.38. The summed E-state index contributed by atoms with van der Waals surface area (Å²) in [5.74, 6) is -0.219. The van der Waals surface area contributed by atoms with Crippen LogP contribution in [0.5, 0.6) is 0 Å². The van der Waals surface area contributed by atoms with Crippen LogP contribution < -0.4 is 10.5 Å². The van der Waals surface area contributed by atoms with Gasteiger partial charge in [0.25, 0.3) is 0 Å². The van der Waals surface area contributed by atoms with Crippen LogP contribution in [0.3, 0.4) is 0 Å². The Bertz CT molecular complexity index is 422. The molecule has 0 radical (unpaired) electrons. The molecule has 1 heterocycles. The Kier molecular flexibility index (Phi) is 4.91. The molecule has 0 aromatic rings. The number of nitrogens with two attached hydrogens (primary N) is 1. The average molecular weight is 278 g/mol. The van der Waals surface area contributed by atoms with E-state index in [1.807, 2.05) is 0 Å². The molecule has 0 saturated carbocycles. The highest BCUT2D eigenvalue weighted by Gasteiger charge is 2.35. The molecule has 0 aromatic carbocycles. The Balaban J connectivity index is 2.81. The van der Waals surface area contributed by atoms with Crippen molar-refractivity contribution in [2.75, 3.05) is 13.2 Å². The van der Waals surface area contributed by atoms with Crippen LogP contribution in [0.2, 0.25) is 0 Å². The molecular weight excluding hydrogens is 260 g/mol. The van der Waals surface area contributed by atoms with Crippen LogP contribution in [0.1, 0.15) is 26.2 Å². The van der Waals surface area contributed by atoms with Crippen LogP contribution >= 0.6 is 0 Å². The molecule has 0 aliphatic carbocycles. The van der Waals surface area contributed by atoms with E-state index in [0.29, 0.717) is 12.8 Å². The largest absolute Gasteiger partial charge is 0.449 e. The van der Waals surface area contributed by atoms with Crippen molar-refractivity contribution in [1.29, 1.82) is 5.41 Å². The Hall–Kier alpha value is -1.35. The van der Waals surface area contributed by atoms with Gasteiger partial charge in [-0.2, -0.15) is 12.7 Å². The lowest BCUT2D eigenvalue weighted by molar-refractivity contribution is 0.157. The van der Waals surface area contributed by atoms with Gasteiger partial charge in [0.15, 0.2) is 0 Å². The SMILES string of the molecule is CCOC(=O)NS(=O)(=O)N1CCCCC1C(=N)N. The lowest BCUT2D eigenvalue weighted by atomic mass is 10.0. The van der Waals surface area contributed by atoms with E-state index in [1.165, 1.54) is 0 Å². The number of piperidine rings is 1. The quantitative estimate of drug-likeness (QED) is 0.483. The molecule has 1 amide bonds. The second-order valence-electron chi connectivity index (χ2n) is 3.91. The van der Waals surface area contributed by atoms with E-state index in [-0.39, 0.29) is 19.0 Å². The Labute approximate surface area is 106 Å². The van der Waals surface area contributed by atoms with E-state index in [0.717, 1.165) is 10.7 Å². The number of carbonyl (C=O) groups excluding carboxylic acids is 1. The summed E-state index contributed by atoms with van der Waals surface area (Å²) < 4.78 is 31.3.